The summed E-state index contributed by atoms with van der Waals surface area (Å²) >= 11 is 0. The zero-order valence-electron chi connectivity index (χ0n) is 22.8. The van der Waals surface area contributed by atoms with Gasteiger partial charge in [-0.1, -0.05) is 36.4 Å². The standard InChI is InChI=1S/C30H36N4O4/c1-7-34-20(5)24(19(4)33-34)26-25(28(36)31-21-14-10-8-12-17(21)2)23(35)16-30(6,38)27(26)29(37)32-22-15-11-9-13-18(22)3/h8-15,25-27,38H,7,16H2,1-6H3,(H,31,36)(H,32,37)/t25-,26-,27-,30-/m1/s1. The second kappa shape index (κ2) is 10.5. The molecule has 200 valence electrons. The number of nitrogens with one attached hydrogen (secondary N) is 2. The smallest absolute Gasteiger partial charge is 0.235 e. The molecule has 0 unspecified atom stereocenters. The van der Waals surface area contributed by atoms with Crippen LogP contribution in [0.15, 0.2) is 48.5 Å². The van der Waals surface area contributed by atoms with Crippen LogP contribution in [0.5, 0.6) is 0 Å². The highest BCUT2D eigenvalue weighted by Gasteiger charge is 2.57. The molecule has 8 heteroatoms. The molecule has 2 amide bonds. The number of para-hydroxylation sites is 2. The summed E-state index contributed by atoms with van der Waals surface area (Å²) in [4.78, 5) is 41.4. The average molecular weight is 517 g/mol. The molecule has 1 aromatic heterocycles. The predicted molar refractivity (Wildman–Crippen MR) is 147 cm³/mol. The Hall–Kier alpha value is -3.78. The summed E-state index contributed by atoms with van der Waals surface area (Å²) in [5.41, 5.74) is 3.29. The first-order valence-electron chi connectivity index (χ1n) is 13.0. The lowest BCUT2D eigenvalue weighted by Gasteiger charge is -2.44. The van der Waals surface area contributed by atoms with Crippen molar-refractivity contribution in [1.29, 1.82) is 0 Å². The molecule has 3 N–H and O–H groups in total. The van der Waals surface area contributed by atoms with E-state index in [-0.39, 0.29) is 6.42 Å². The van der Waals surface area contributed by atoms with E-state index in [1.165, 1.54) is 6.92 Å². The first-order chi connectivity index (χ1) is 18.0. The minimum absolute atomic E-state index is 0.318. The van der Waals surface area contributed by atoms with Crippen LogP contribution in [0.25, 0.3) is 0 Å². The van der Waals surface area contributed by atoms with Gasteiger partial charge in [0.05, 0.1) is 17.2 Å². The average Bonchev–Trinajstić information content (AvgIpc) is 3.13. The van der Waals surface area contributed by atoms with Crippen LogP contribution in [-0.4, -0.2) is 38.1 Å². The molecule has 8 nitrogen and oxygen atoms in total. The highest BCUT2D eigenvalue weighted by Crippen LogP contribution is 2.48. The van der Waals surface area contributed by atoms with Crippen LogP contribution in [0.2, 0.25) is 0 Å². The maximum Gasteiger partial charge on any atom is 0.235 e. The fourth-order valence-corrected chi connectivity index (χ4v) is 5.79. The van der Waals surface area contributed by atoms with Gasteiger partial charge in [0, 0.05) is 41.5 Å². The Morgan fingerprint density at radius 3 is 2.00 bits per heavy atom. The first kappa shape index (κ1) is 27.3. The third-order valence-corrected chi connectivity index (χ3v) is 7.71. The number of ketones is 1. The highest BCUT2D eigenvalue weighted by molar-refractivity contribution is 6.10. The zero-order valence-corrected chi connectivity index (χ0v) is 22.8. The molecule has 0 aliphatic heterocycles. The molecular weight excluding hydrogens is 480 g/mol. The number of anilines is 2. The molecule has 2 aromatic carbocycles. The number of Topliss-reactive ketones (excluding diaryl/α,β-unsaturated/α-hetero) is 1. The van der Waals surface area contributed by atoms with Crippen molar-refractivity contribution in [2.75, 3.05) is 10.6 Å². The molecule has 0 spiro atoms. The Kier molecular flexibility index (Phi) is 7.56. The van der Waals surface area contributed by atoms with Gasteiger partial charge < -0.3 is 15.7 Å². The van der Waals surface area contributed by atoms with Crippen molar-refractivity contribution >= 4 is 29.0 Å². The summed E-state index contributed by atoms with van der Waals surface area (Å²) < 4.78 is 1.80. The number of rotatable bonds is 6. The largest absolute Gasteiger partial charge is 0.389 e. The van der Waals surface area contributed by atoms with Crippen molar-refractivity contribution < 1.29 is 19.5 Å². The SMILES string of the molecule is CCn1nc(C)c([C@@H]2[C@H](C(=O)Nc3ccccc3C)C(=O)C[C@@](C)(O)[C@H]2C(=O)Nc2ccccc2C)c1C. The third kappa shape index (κ3) is 5.00. The fourth-order valence-electron chi connectivity index (χ4n) is 5.79. The van der Waals surface area contributed by atoms with E-state index in [1.807, 2.05) is 71.0 Å². The van der Waals surface area contributed by atoms with Crippen molar-refractivity contribution in [3.05, 3.63) is 76.6 Å². The van der Waals surface area contributed by atoms with Crippen LogP contribution in [0.4, 0.5) is 11.4 Å². The van der Waals surface area contributed by atoms with E-state index < -0.39 is 41.0 Å². The van der Waals surface area contributed by atoms with E-state index >= 15 is 0 Å². The minimum atomic E-state index is -1.68. The van der Waals surface area contributed by atoms with Crippen LogP contribution < -0.4 is 10.6 Å². The van der Waals surface area contributed by atoms with E-state index in [1.54, 1.807) is 16.8 Å². The monoisotopic (exact) mass is 516 g/mol. The molecule has 1 aliphatic carbocycles. The maximum atomic E-state index is 14.0. The van der Waals surface area contributed by atoms with Crippen LogP contribution in [-0.2, 0) is 20.9 Å². The fraction of sp³-hybridized carbons (Fsp3) is 0.400. The number of aliphatic hydroxyl groups is 1. The minimum Gasteiger partial charge on any atom is -0.389 e. The van der Waals surface area contributed by atoms with Gasteiger partial charge in [-0.2, -0.15) is 5.10 Å². The molecule has 4 rings (SSSR count). The number of hydrogen-bond acceptors (Lipinski definition) is 5. The van der Waals surface area contributed by atoms with Crippen LogP contribution >= 0.6 is 0 Å². The molecule has 0 radical (unpaired) electrons. The van der Waals surface area contributed by atoms with Crippen molar-refractivity contribution in [3.63, 3.8) is 0 Å². The van der Waals surface area contributed by atoms with Gasteiger partial charge >= 0.3 is 0 Å². The molecule has 4 atom stereocenters. The second-order valence-corrected chi connectivity index (χ2v) is 10.5. The number of nitrogens with zero attached hydrogens (tertiary/aromatic N) is 2. The molecule has 0 bridgehead atoms. The molecule has 1 saturated carbocycles. The van der Waals surface area contributed by atoms with Crippen molar-refractivity contribution in [2.45, 2.75) is 66.0 Å². The molecule has 1 heterocycles. The Morgan fingerprint density at radius 1 is 0.974 bits per heavy atom. The Balaban J connectivity index is 1.85. The first-order valence-corrected chi connectivity index (χ1v) is 13.0. The van der Waals surface area contributed by atoms with Gasteiger partial charge in [0.2, 0.25) is 11.8 Å². The Bertz CT molecular complexity index is 1390. The number of benzene rings is 2. The van der Waals surface area contributed by atoms with Gasteiger partial charge in [0.1, 0.15) is 11.7 Å². The van der Waals surface area contributed by atoms with Crippen molar-refractivity contribution in [2.24, 2.45) is 11.8 Å². The summed E-state index contributed by atoms with van der Waals surface area (Å²) in [5.74, 6) is -4.54. The van der Waals surface area contributed by atoms with Gasteiger partial charge in [-0.3, -0.25) is 19.1 Å². The summed E-state index contributed by atoms with van der Waals surface area (Å²) in [6.07, 6.45) is -0.318. The number of aryl methyl sites for hydroxylation is 4. The molecule has 38 heavy (non-hydrogen) atoms. The van der Waals surface area contributed by atoms with Crippen molar-refractivity contribution in [1.82, 2.24) is 9.78 Å². The van der Waals surface area contributed by atoms with Gasteiger partial charge in [0.15, 0.2) is 0 Å². The summed E-state index contributed by atoms with van der Waals surface area (Å²) in [5, 5.41) is 22.1. The number of carbonyl (C=O) groups excluding carboxylic acids is 3. The van der Waals surface area contributed by atoms with Gasteiger partial charge in [-0.05, 0) is 64.8 Å². The summed E-state index contributed by atoms with van der Waals surface area (Å²) in [6, 6.07) is 14.7. The highest BCUT2D eigenvalue weighted by atomic mass is 16.3. The predicted octanol–water partition coefficient (Wildman–Crippen LogP) is 4.45. The molecule has 1 aliphatic rings. The van der Waals surface area contributed by atoms with E-state index in [0.29, 0.717) is 29.2 Å². The van der Waals surface area contributed by atoms with Gasteiger partial charge in [-0.15, -0.1) is 0 Å². The van der Waals surface area contributed by atoms with Crippen LogP contribution in [0.1, 0.15) is 54.3 Å². The van der Waals surface area contributed by atoms with Crippen LogP contribution in [0, 0.1) is 39.5 Å². The summed E-state index contributed by atoms with van der Waals surface area (Å²) in [6.45, 7) is 11.5. The number of amides is 2. The van der Waals surface area contributed by atoms with E-state index in [4.69, 9.17) is 0 Å². The Morgan fingerprint density at radius 2 is 1.50 bits per heavy atom. The van der Waals surface area contributed by atoms with Gasteiger partial charge in [-0.25, -0.2) is 0 Å². The molecule has 0 saturated heterocycles. The topological polar surface area (TPSA) is 113 Å². The zero-order chi connectivity index (χ0) is 27.8. The third-order valence-electron chi connectivity index (χ3n) is 7.71. The lowest BCUT2D eigenvalue weighted by molar-refractivity contribution is -0.150. The van der Waals surface area contributed by atoms with Crippen molar-refractivity contribution in [3.8, 4) is 0 Å². The van der Waals surface area contributed by atoms with E-state index in [0.717, 1.165) is 16.8 Å². The van der Waals surface area contributed by atoms with E-state index in [9.17, 15) is 19.5 Å². The lowest BCUT2D eigenvalue weighted by atomic mass is 9.60. The maximum absolute atomic E-state index is 14.0. The molecule has 3 aromatic rings. The number of aromatic nitrogens is 2. The number of hydrogen-bond donors (Lipinski definition) is 3. The molecular formula is C30H36N4O4. The Labute approximate surface area is 223 Å². The van der Waals surface area contributed by atoms with E-state index in [2.05, 4.69) is 15.7 Å². The lowest BCUT2D eigenvalue weighted by Crippen LogP contribution is -2.56. The summed E-state index contributed by atoms with van der Waals surface area (Å²) in [7, 11) is 0. The quantitative estimate of drug-likeness (QED) is 0.419. The number of carbonyl (C=O) groups is 3. The second-order valence-electron chi connectivity index (χ2n) is 10.5. The van der Waals surface area contributed by atoms with Crippen LogP contribution in [0.3, 0.4) is 0 Å². The van der Waals surface area contributed by atoms with Gasteiger partial charge in [0.25, 0.3) is 0 Å². The molecule has 1 fully saturated rings. The normalized spacial score (nSPS) is 23.2.